The van der Waals surface area contributed by atoms with Crippen LogP contribution in [0.3, 0.4) is 0 Å². The molecule has 0 fully saturated rings. The van der Waals surface area contributed by atoms with Crippen LogP contribution in [0.1, 0.15) is 26.3 Å². The molecule has 0 aliphatic rings. The molecule has 1 amide bonds. The number of hydrogen-bond donors (Lipinski definition) is 1. The lowest BCUT2D eigenvalue weighted by molar-refractivity contribution is 0.122. The second-order valence-corrected chi connectivity index (χ2v) is 10.5. The number of amides is 1. The molecule has 0 unspecified atom stereocenters. The molecule has 0 atom stereocenters. The van der Waals surface area contributed by atoms with E-state index in [1.165, 1.54) is 31.5 Å². The highest BCUT2D eigenvalue weighted by molar-refractivity contribution is 7.90. The molecule has 0 aliphatic carbocycles. The van der Waals surface area contributed by atoms with Crippen molar-refractivity contribution in [3.05, 3.63) is 60.2 Å². The Morgan fingerprint density at radius 2 is 1.91 bits per heavy atom. The molecular weight excluding hydrogens is 470 g/mol. The molecule has 182 valence electrons. The first-order chi connectivity index (χ1) is 15.8. The van der Waals surface area contributed by atoms with Crippen LogP contribution in [0.25, 0.3) is 11.3 Å². The topological polar surface area (TPSA) is 115 Å². The predicted molar refractivity (Wildman–Crippen MR) is 119 cm³/mol. The third kappa shape index (κ3) is 5.16. The van der Waals surface area contributed by atoms with Crippen LogP contribution in [-0.2, 0) is 16.6 Å². The first-order valence-electron chi connectivity index (χ1n) is 10.1. The molecule has 12 heteroatoms. The Labute approximate surface area is 195 Å². The fourth-order valence-electron chi connectivity index (χ4n) is 3.32. The molecule has 3 heterocycles. The number of carboxylic acid groups (broad SMARTS) is 1. The van der Waals surface area contributed by atoms with Crippen molar-refractivity contribution in [3.63, 3.8) is 0 Å². The molecule has 0 aromatic carbocycles. The van der Waals surface area contributed by atoms with Gasteiger partial charge in [0.1, 0.15) is 11.4 Å². The summed E-state index contributed by atoms with van der Waals surface area (Å²) in [5.41, 5.74) is -1.71. The molecule has 3 rings (SSSR count). The van der Waals surface area contributed by atoms with E-state index in [0.29, 0.717) is 9.72 Å². The van der Waals surface area contributed by atoms with Crippen molar-refractivity contribution in [2.24, 2.45) is 5.41 Å². The van der Waals surface area contributed by atoms with E-state index in [0.717, 1.165) is 23.4 Å². The zero-order valence-electron chi connectivity index (χ0n) is 19.0. The monoisotopic (exact) mass is 494 g/mol. The lowest BCUT2D eigenvalue weighted by Gasteiger charge is -2.27. The largest absolute Gasteiger partial charge is 0.495 e. The summed E-state index contributed by atoms with van der Waals surface area (Å²) in [6.45, 7) is 5.02. The Morgan fingerprint density at radius 3 is 2.44 bits per heavy atom. The SMILES string of the molecule is COc1ccc(S(=O)(=O)n2cc(CN(CC(C)(C)C)C(=O)O)c(F)c2-c2cccnc2F)nc1. The van der Waals surface area contributed by atoms with Gasteiger partial charge in [-0.25, -0.2) is 23.1 Å². The highest BCUT2D eigenvalue weighted by Crippen LogP contribution is 2.32. The summed E-state index contributed by atoms with van der Waals surface area (Å²) in [5, 5.41) is 9.16. The van der Waals surface area contributed by atoms with Gasteiger partial charge in [-0.2, -0.15) is 12.8 Å². The maximum Gasteiger partial charge on any atom is 0.407 e. The van der Waals surface area contributed by atoms with Gasteiger partial charge >= 0.3 is 6.09 Å². The summed E-state index contributed by atoms with van der Waals surface area (Å²) >= 11 is 0. The van der Waals surface area contributed by atoms with Crippen molar-refractivity contribution in [2.75, 3.05) is 13.7 Å². The Balaban J connectivity index is 2.20. The summed E-state index contributed by atoms with van der Waals surface area (Å²) in [4.78, 5) is 20.1. The van der Waals surface area contributed by atoms with E-state index >= 15 is 4.39 Å². The first kappa shape index (κ1) is 25.1. The van der Waals surface area contributed by atoms with Crippen molar-refractivity contribution in [2.45, 2.75) is 32.3 Å². The van der Waals surface area contributed by atoms with Gasteiger partial charge in [-0.05, 0) is 29.7 Å². The molecule has 0 radical (unpaired) electrons. The summed E-state index contributed by atoms with van der Waals surface area (Å²) in [6.07, 6.45) is 1.94. The number of halogens is 2. The fraction of sp³-hybridized carbons (Fsp3) is 0.318. The number of ether oxygens (including phenoxy) is 1. The first-order valence-corrected chi connectivity index (χ1v) is 11.5. The van der Waals surface area contributed by atoms with Crippen LogP contribution >= 0.6 is 0 Å². The minimum atomic E-state index is -4.50. The molecule has 1 N–H and O–H groups in total. The number of hydrogen-bond acceptors (Lipinski definition) is 6. The van der Waals surface area contributed by atoms with Gasteiger partial charge in [0.25, 0.3) is 10.0 Å². The molecule has 3 aromatic heterocycles. The van der Waals surface area contributed by atoms with E-state index in [-0.39, 0.29) is 12.1 Å². The minimum absolute atomic E-state index is 0.0519. The quantitative estimate of drug-likeness (QED) is 0.494. The second kappa shape index (κ2) is 9.37. The molecule has 0 spiro atoms. The average Bonchev–Trinajstić information content (AvgIpc) is 3.09. The molecule has 0 saturated heterocycles. The van der Waals surface area contributed by atoms with Gasteiger partial charge in [0, 0.05) is 24.5 Å². The number of carbonyl (C=O) groups is 1. The molecule has 0 bridgehead atoms. The van der Waals surface area contributed by atoms with Crippen LogP contribution in [-0.4, -0.2) is 52.1 Å². The Morgan fingerprint density at radius 1 is 1.21 bits per heavy atom. The average molecular weight is 495 g/mol. The second-order valence-electron chi connectivity index (χ2n) is 8.70. The van der Waals surface area contributed by atoms with Crippen LogP contribution < -0.4 is 4.74 Å². The highest BCUT2D eigenvalue weighted by atomic mass is 32.2. The number of rotatable bonds is 7. The fourth-order valence-corrected chi connectivity index (χ4v) is 4.63. The van der Waals surface area contributed by atoms with Crippen molar-refractivity contribution < 1.29 is 31.8 Å². The lowest BCUT2D eigenvalue weighted by Crippen LogP contribution is -2.36. The Bertz CT molecular complexity index is 1300. The van der Waals surface area contributed by atoms with Crippen molar-refractivity contribution in [1.82, 2.24) is 18.8 Å². The highest BCUT2D eigenvalue weighted by Gasteiger charge is 2.31. The molecule has 0 saturated carbocycles. The predicted octanol–water partition coefficient (Wildman–Crippen LogP) is 4.00. The number of nitrogens with zero attached hydrogens (tertiary/aromatic N) is 4. The maximum atomic E-state index is 15.6. The zero-order valence-corrected chi connectivity index (χ0v) is 19.8. The number of aromatic nitrogens is 3. The van der Waals surface area contributed by atoms with E-state index in [2.05, 4.69) is 9.97 Å². The molecule has 34 heavy (non-hydrogen) atoms. The van der Waals surface area contributed by atoms with Crippen LogP contribution in [0.2, 0.25) is 0 Å². The van der Waals surface area contributed by atoms with Gasteiger partial charge in [0.2, 0.25) is 5.95 Å². The van der Waals surface area contributed by atoms with Crippen LogP contribution in [0, 0.1) is 17.2 Å². The molecular formula is C22H24F2N4O5S. The van der Waals surface area contributed by atoms with Gasteiger partial charge in [-0.1, -0.05) is 20.8 Å². The number of pyridine rings is 2. The standard InChI is InChI=1S/C22H24F2N4O5S/c1-22(2,3)13-27(21(29)30)11-14-12-28(19(18(14)23)16-6-5-9-25-20(16)24)34(31,32)17-8-7-15(33-4)10-26-17/h5-10,12H,11,13H2,1-4H3,(H,29,30). The van der Waals surface area contributed by atoms with Gasteiger partial charge in [0.05, 0.1) is 25.4 Å². The van der Waals surface area contributed by atoms with Gasteiger partial charge < -0.3 is 14.7 Å². The molecule has 9 nitrogen and oxygen atoms in total. The summed E-state index contributed by atoms with van der Waals surface area (Å²) in [5.74, 6) is -1.87. The smallest absolute Gasteiger partial charge is 0.407 e. The van der Waals surface area contributed by atoms with Crippen molar-refractivity contribution >= 4 is 16.1 Å². The van der Waals surface area contributed by atoms with E-state index in [9.17, 15) is 22.7 Å². The minimum Gasteiger partial charge on any atom is -0.495 e. The van der Waals surface area contributed by atoms with Crippen LogP contribution in [0.5, 0.6) is 5.75 Å². The van der Waals surface area contributed by atoms with Gasteiger partial charge in [0.15, 0.2) is 10.8 Å². The van der Waals surface area contributed by atoms with E-state index in [4.69, 9.17) is 4.74 Å². The Kier molecular flexibility index (Phi) is 6.92. The van der Waals surface area contributed by atoms with E-state index in [1.807, 2.05) is 0 Å². The van der Waals surface area contributed by atoms with E-state index in [1.54, 1.807) is 20.8 Å². The van der Waals surface area contributed by atoms with Gasteiger partial charge in [-0.3, -0.25) is 0 Å². The van der Waals surface area contributed by atoms with Crippen LogP contribution in [0.4, 0.5) is 13.6 Å². The van der Waals surface area contributed by atoms with E-state index < -0.39 is 56.1 Å². The summed E-state index contributed by atoms with van der Waals surface area (Å²) in [6, 6.07) is 5.04. The van der Waals surface area contributed by atoms with Crippen LogP contribution in [0.15, 0.2) is 47.9 Å². The number of methoxy groups -OCH3 is 1. The molecule has 0 aliphatic heterocycles. The third-order valence-corrected chi connectivity index (χ3v) is 6.34. The maximum absolute atomic E-state index is 15.6. The van der Waals surface area contributed by atoms with Crippen molar-refractivity contribution in [1.29, 1.82) is 0 Å². The normalized spacial score (nSPS) is 11.9. The summed E-state index contributed by atoms with van der Waals surface area (Å²) < 4.78 is 62.5. The lowest BCUT2D eigenvalue weighted by atomic mass is 9.96. The zero-order chi connectivity index (χ0) is 25.3. The van der Waals surface area contributed by atoms with Crippen molar-refractivity contribution in [3.8, 4) is 17.0 Å². The summed E-state index contributed by atoms with van der Waals surface area (Å²) in [7, 11) is -3.12. The van der Waals surface area contributed by atoms with Gasteiger partial charge in [-0.15, -0.1) is 0 Å². The molecule has 3 aromatic rings. The third-order valence-electron chi connectivity index (χ3n) is 4.76. The Hall–Kier alpha value is -3.54.